The van der Waals surface area contributed by atoms with Crippen LogP contribution in [-0.2, 0) is 27.3 Å². The standard InChI is InChI=1S/C35H45N5O5/c1-34(2,3)45-33(44)38-35(4,5)29(41)20-19-27(17-11-15-25-13-9-8-10-14-25)31(42)37-30-23-40(24-36-30)22-26-16-12-18-28(21-26)32(43)39(6)7/h8-10,12-14,16,18-21,23-24,27H,11,15,17,22H2,1-7H3,(H,37,42)(H,38,44)/b20-19+/t27-/m0/s1. The minimum Gasteiger partial charge on any atom is -0.444 e. The van der Waals surface area contributed by atoms with Crippen molar-refractivity contribution in [2.45, 2.75) is 71.6 Å². The summed E-state index contributed by atoms with van der Waals surface area (Å²) in [7, 11) is 3.42. The molecule has 3 aromatic rings. The van der Waals surface area contributed by atoms with Crippen molar-refractivity contribution in [2.24, 2.45) is 5.92 Å². The third kappa shape index (κ3) is 11.4. The Balaban J connectivity index is 1.70. The first-order valence-electron chi connectivity index (χ1n) is 15.0. The Hall–Kier alpha value is -4.73. The number of imidazole rings is 1. The molecule has 1 heterocycles. The number of hydrogen-bond acceptors (Lipinski definition) is 6. The maximum Gasteiger partial charge on any atom is 0.408 e. The molecule has 2 aromatic carbocycles. The van der Waals surface area contributed by atoms with Gasteiger partial charge in [0.1, 0.15) is 11.1 Å². The summed E-state index contributed by atoms with van der Waals surface area (Å²) < 4.78 is 7.12. The predicted molar refractivity (Wildman–Crippen MR) is 175 cm³/mol. The zero-order valence-electron chi connectivity index (χ0n) is 27.3. The highest BCUT2D eigenvalue weighted by Gasteiger charge is 2.30. The fourth-order valence-electron chi connectivity index (χ4n) is 4.52. The number of rotatable bonds is 13. The van der Waals surface area contributed by atoms with Gasteiger partial charge in [-0.15, -0.1) is 0 Å². The Labute approximate surface area is 265 Å². The minimum atomic E-state index is -1.24. The molecule has 0 fully saturated rings. The molecule has 10 nitrogen and oxygen atoms in total. The zero-order valence-corrected chi connectivity index (χ0v) is 27.3. The molecule has 3 rings (SSSR count). The number of alkyl carbamates (subject to hydrolysis) is 1. The first-order chi connectivity index (χ1) is 21.1. The van der Waals surface area contributed by atoms with E-state index in [9.17, 15) is 19.2 Å². The molecule has 1 aromatic heterocycles. The topological polar surface area (TPSA) is 123 Å². The van der Waals surface area contributed by atoms with Gasteiger partial charge >= 0.3 is 6.09 Å². The lowest BCUT2D eigenvalue weighted by Gasteiger charge is -2.26. The molecule has 3 amide bonds. The van der Waals surface area contributed by atoms with Crippen LogP contribution in [0.5, 0.6) is 0 Å². The Morgan fingerprint density at radius 2 is 1.67 bits per heavy atom. The second-order valence-electron chi connectivity index (χ2n) is 12.8. The van der Waals surface area contributed by atoms with Gasteiger partial charge in [0.2, 0.25) is 5.91 Å². The third-order valence-electron chi connectivity index (χ3n) is 6.90. The number of ketones is 1. The van der Waals surface area contributed by atoms with Gasteiger partial charge in [-0.05, 0) is 83.2 Å². The molecule has 240 valence electrons. The maximum atomic E-state index is 13.4. The zero-order chi connectivity index (χ0) is 33.2. The van der Waals surface area contributed by atoms with Gasteiger partial charge in [-0.1, -0.05) is 48.5 Å². The summed E-state index contributed by atoms with van der Waals surface area (Å²) in [4.78, 5) is 57.1. The monoisotopic (exact) mass is 615 g/mol. The van der Waals surface area contributed by atoms with Gasteiger partial charge in [-0.3, -0.25) is 14.4 Å². The van der Waals surface area contributed by atoms with Gasteiger partial charge in [-0.25, -0.2) is 9.78 Å². The summed E-state index contributed by atoms with van der Waals surface area (Å²) in [5, 5.41) is 5.49. The second-order valence-corrected chi connectivity index (χ2v) is 12.8. The largest absolute Gasteiger partial charge is 0.444 e. The van der Waals surface area contributed by atoms with Crippen LogP contribution in [0.15, 0.2) is 79.3 Å². The van der Waals surface area contributed by atoms with Crippen molar-refractivity contribution in [1.29, 1.82) is 0 Å². The third-order valence-corrected chi connectivity index (χ3v) is 6.90. The van der Waals surface area contributed by atoms with E-state index in [0.29, 0.717) is 24.3 Å². The van der Waals surface area contributed by atoms with Crippen LogP contribution in [-0.4, -0.2) is 63.4 Å². The van der Waals surface area contributed by atoms with Crippen molar-refractivity contribution in [2.75, 3.05) is 19.4 Å². The summed E-state index contributed by atoms with van der Waals surface area (Å²) in [5.74, 6) is -0.985. The first-order valence-corrected chi connectivity index (χ1v) is 15.0. The lowest BCUT2D eigenvalue weighted by atomic mass is 9.94. The van der Waals surface area contributed by atoms with Crippen LogP contribution in [0.25, 0.3) is 0 Å². The smallest absolute Gasteiger partial charge is 0.408 e. The maximum absolute atomic E-state index is 13.4. The van der Waals surface area contributed by atoms with Gasteiger partial charge in [0.25, 0.3) is 5.91 Å². The highest BCUT2D eigenvalue weighted by Crippen LogP contribution is 2.18. The van der Waals surface area contributed by atoms with Gasteiger partial charge in [-0.2, -0.15) is 0 Å². The molecule has 0 saturated heterocycles. The van der Waals surface area contributed by atoms with Crippen molar-refractivity contribution in [3.8, 4) is 0 Å². The second kappa shape index (κ2) is 15.3. The SMILES string of the molecule is CN(C)C(=O)c1cccc(Cn2cnc(NC(=O)[C@H](/C=C/C(=O)C(C)(C)NC(=O)OC(C)(C)C)CCCc3ccccc3)c2)c1. The van der Waals surface area contributed by atoms with Crippen molar-refractivity contribution in [1.82, 2.24) is 19.8 Å². The van der Waals surface area contributed by atoms with E-state index in [-0.39, 0.29) is 17.6 Å². The van der Waals surface area contributed by atoms with Crippen LogP contribution in [0.1, 0.15) is 68.9 Å². The van der Waals surface area contributed by atoms with Crippen LogP contribution in [0.2, 0.25) is 0 Å². The molecular weight excluding hydrogens is 570 g/mol. The summed E-state index contributed by atoms with van der Waals surface area (Å²) in [6.45, 7) is 8.88. The molecule has 45 heavy (non-hydrogen) atoms. The van der Waals surface area contributed by atoms with E-state index in [2.05, 4.69) is 15.6 Å². The molecule has 0 aliphatic rings. The van der Waals surface area contributed by atoms with Crippen LogP contribution < -0.4 is 10.6 Å². The van der Waals surface area contributed by atoms with E-state index in [1.807, 2.05) is 53.1 Å². The van der Waals surface area contributed by atoms with E-state index in [0.717, 1.165) is 24.0 Å². The van der Waals surface area contributed by atoms with Crippen LogP contribution in [0, 0.1) is 5.92 Å². The summed E-state index contributed by atoms with van der Waals surface area (Å²) in [6.07, 6.45) is 7.58. The number of carbonyl (C=O) groups is 4. The number of carbonyl (C=O) groups excluding carboxylic acids is 4. The minimum absolute atomic E-state index is 0.0794. The summed E-state index contributed by atoms with van der Waals surface area (Å²) >= 11 is 0. The number of aryl methyl sites for hydroxylation is 1. The Morgan fingerprint density at radius 3 is 2.33 bits per heavy atom. The van der Waals surface area contributed by atoms with E-state index in [1.165, 1.54) is 11.0 Å². The number of aromatic nitrogens is 2. The van der Waals surface area contributed by atoms with E-state index >= 15 is 0 Å². The number of amides is 3. The number of ether oxygens (including phenoxy) is 1. The van der Waals surface area contributed by atoms with Gasteiger partial charge in [0, 0.05) is 32.4 Å². The lowest BCUT2D eigenvalue weighted by Crippen LogP contribution is -2.50. The predicted octanol–water partition coefficient (Wildman–Crippen LogP) is 5.64. The van der Waals surface area contributed by atoms with E-state index in [1.54, 1.807) is 73.4 Å². The molecular formula is C35H45N5O5. The number of nitrogens with one attached hydrogen (secondary N) is 2. The number of nitrogens with zero attached hydrogens (tertiary/aromatic N) is 3. The fraction of sp³-hybridized carbons (Fsp3) is 0.400. The molecule has 0 spiro atoms. The van der Waals surface area contributed by atoms with E-state index in [4.69, 9.17) is 4.74 Å². The Kier molecular flexibility index (Phi) is 11.8. The molecule has 1 atom stereocenters. The number of hydrogen-bond donors (Lipinski definition) is 2. The van der Waals surface area contributed by atoms with Crippen molar-refractivity contribution < 1.29 is 23.9 Å². The average molecular weight is 616 g/mol. The Bertz CT molecular complexity index is 1500. The van der Waals surface area contributed by atoms with E-state index < -0.39 is 23.2 Å². The van der Waals surface area contributed by atoms with Crippen LogP contribution in [0.3, 0.4) is 0 Å². The van der Waals surface area contributed by atoms with Gasteiger partial charge < -0.3 is 24.8 Å². The summed E-state index contributed by atoms with van der Waals surface area (Å²) in [5.41, 5.74) is 0.728. The highest BCUT2D eigenvalue weighted by atomic mass is 16.6. The van der Waals surface area contributed by atoms with Crippen LogP contribution in [0.4, 0.5) is 10.6 Å². The van der Waals surface area contributed by atoms with Crippen molar-refractivity contribution in [3.05, 3.63) is 96.0 Å². The molecule has 0 radical (unpaired) electrons. The fourth-order valence-corrected chi connectivity index (χ4v) is 4.52. The molecule has 0 unspecified atom stereocenters. The quantitative estimate of drug-likeness (QED) is 0.240. The molecule has 0 aliphatic carbocycles. The van der Waals surface area contributed by atoms with Crippen molar-refractivity contribution >= 4 is 29.5 Å². The molecule has 0 bridgehead atoms. The van der Waals surface area contributed by atoms with Gasteiger partial charge in [0.15, 0.2) is 11.6 Å². The number of anilines is 1. The lowest BCUT2D eigenvalue weighted by molar-refractivity contribution is -0.119. The highest BCUT2D eigenvalue weighted by molar-refractivity contribution is 6.00. The average Bonchev–Trinajstić information content (AvgIpc) is 3.39. The molecule has 0 aliphatic heterocycles. The Morgan fingerprint density at radius 1 is 0.978 bits per heavy atom. The first kappa shape index (κ1) is 34.8. The van der Waals surface area contributed by atoms with Gasteiger partial charge in [0.05, 0.1) is 12.2 Å². The molecule has 0 saturated carbocycles. The normalized spacial score (nSPS) is 12.4. The molecule has 10 heteroatoms. The molecule has 2 N–H and O–H groups in total. The van der Waals surface area contributed by atoms with Crippen LogP contribution >= 0.6 is 0 Å². The number of benzene rings is 2. The van der Waals surface area contributed by atoms with Crippen molar-refractivity contribution in [3.63, 3.8) is 0 Å². The summed E-state index contributed by atoms with van der Waals surface area (Å²) in [6, 6.07) is 17.4.